The molecule has 0 spiro atoms. The maximum Gasteiger partial charge on any atom is 0.170 e. The molecule has 18 heavy (non-hydrogen) atoms. The fourth-order valence-electron chi connectivity index (χ4n) is 1.64. The molecule has 0 saturated heterocycles. The van der Waals surface area contributed by atoms with Crippen molar-refractivity contribution in [3.8, 4) is 0 Å². The second-order valence-corrected chi connectivity index (χ2v) is 4.12. The highest BCUT2D eigenvalue weighted by Crippen LogP contribution is 2.07. The van der Waals surface area contributed by atoms with E-state index >= 15 is 0 Å². The molecule has 0 aromatic heterocycles. The first-order valence-corrected chi connectivity index (χ1v) is 6.00. The van der Waals surface area contributed by atoms with Crippen molar-refractivity contribution in [1.29, 1.82) is 0 Å². The number of nitrogens with zero attached hydrogens (tertiary/aromatic N) is 2. The molecule has 0 aliphatic carbocycles. The molecule has 0 aliphatic rings. The maximum atomic E-state index is 8.64. The maximum absolute atomic E-state index is 8.64. The van der Waals surface area contributed by atoms with E-state index in [1.807, 2.05) is 38.2 Å². The minimum Gasteiger partial charge on any atom is -0.409 e. The molecule has 5 heteroatoms. The van der Waals surface area contributed by atoms with Gasteiger partial charge in [0.2, 0.25) is 0 Å². The average molecular weight is 251 g/mol. The molecule has 0 aliphatic heterocycles. The summed E-state index contributed by atoms with van der Waals surface area (Å²) in [6.45, 7) is 5.14. The van der Waals surface area contributed by atoms with Crippen LogP contribution in [-0.4, -0.2) is 42.7 Å². The van der Waals surface area contributed by atoms with Crippen molar-refractivity contribution < 1.29 is 9.94 Å². The second-order valence-electron chi connectivity index (χ2n) is 4.12. The van der Waals surface area contributed by atoms with E-state index in [9.17, 15) is 0 Å². The number of likely N-dealkylation sites (N-methyl/N-ethyl adjacent to an activating group) is 1. The van der Waals surface area contributed by atoms with Gasteiger partial charge in [-0.05, 0) is 25.6 Å². The Balaban J connectivity index is 2.56. The molecule has 100 valence electrons. The van der Waals surface area contributed by atoms with Crippen LogP contribution in [0.2, 0.25) is 0 Å². The van der Waals surface area contributed by atoms with Crippen LogP contribution in [0.25, 0.3) is 0 Å². The van der Waals surface area contributed by atoms with Crippen LogP contribution >= 0.6 is 0 Å². The zero-order chi connectivity index (χ0) is 13.4. The first-order valence-electron chi connectivity index (χ1n) is 6.00. The Kier molecular flexibility index (Phi) is 6.18. The van der Waals surface area contributed by atoms with Crippen molar-refractivity contribution in [3.63, 3.8) is 0 Å². The summed E-state index contributed by atoms with van der Waals surface area (Å²) in [4.78, 5) is 2.17. The van der Waals surface area contributed by atoms with Gasteiger partial charge in [0.1, 0.15) is 0 Å². The standard InChI is InChI=1S/C13H21N3O2/c1-3-18-8-7-16(2)10-11-5-4-6-12(9-11)13(14)15-17/h4-6,9,17H,3,7-8,10H2,1-2H3,(H2,14,15). The van der Waals surface area contributed by atoms with E-state index in [0.717, 1.165) is 37.4 Å². The number of rotatable bonds is 7. The molecular weight excluding hydrogens is 230 g/mol. The molecular formula is C13H21N3O2. The number of oxime groups is 1. The molecule has 0 saturated carbocycles. The minimum absolute atomic E-state index is 0.133. The monoisotopic (exact) mass is 251 g/mol. The Labute approximate surface area is 108 Å². The first kappa shape index (κ1) is 14.5. The van der Waals surface area contributed by atoms with Gasteiger partial charge in [0, 0.05) is 25.3 Å². The summed E-state index contributed by atoms with van der Waals surface area (Å²) in [6.07, 6.45) is 0. The van der Waals surface area contributed by atoms with Crippen molar-refractivity contribution in [2.45, 2.75) is 13.5 Å². The second kappa shape index (κ2) is 7.68. The van der Waals surface area contributed by atoms with Gasteiger partial charge in [0.15, 0.2) is 5.84 Å². The number of hydrogen-bond acceptors (Lipinski definition) is 4. The van der Waals surface area contributed by atoms with Crippen LogP contribution in [0.3, 0.4) is 0 Å². The Bertz CT molecular complexity index is 394. The summed E-state index contributed by atoms with van der Waals surface area (Å²) < 4.78 is 5.31. The molecule has 0 amide bonds. The molecule has 0 radical (unpaired) electrons. The van der Waals surface area contributed by atoms with E-state index in [4.69, 9.17) is 15.7 Å². The van der Waals surface area contributed by atoms with Crippen LogP contribution in [0.5, 0.6) is 0 Å². The van der Waals surface area contributed by atoms with Crippen LogP contribution in [0.15, 0.2) is 29.4 Å². The van der Waals surface area contributed by atoms with E-state index in [2.05, 4.69) is 10.1 Å². The van der Waals surface area contributed by atoms with Gasteiger partial charge in [0.05, 0.1) is 6.61 Å². The fraction of sp³-hybridized carbons (Fsp3) is 0.462. The molecule has 1 aromatic carbocycles. The minimum atomic E-state index is 0.133. The Morgan fingerprint density at radius 2 is 2.28 bits per heavy atom. The normalized spacial score (nSPS) is 12.1. The smallest absolute Gasteiger partial charge is 0.170 e. The van der Waals surface area contributed by atoms with Gasteiger partial charge >= 0.3 is 0 Å². The average Bonchev–Trinajstić information content (AvgIpc) is 2.38. The van der Waals surface area contributed by atoms with Crippen LogP contribution in [0.4, 0.5) is 0 Å². The van der Waals surface area contributed by atoms with Gasteiger partial charge in [-0.3, -0.25) is 4.90 Å². The van der Waals surface area contributed by atoms with Crippen molar-refractivity contribution in [2.24, 2.45) is 10.9 Å². The molecule has 0 atom stereocenters. The number of ether oxygens (including phenoxy) is 1. The largest absolute Gasteiger partial charge is 0.409 e. The van der Waals surface area contributed by atoms with Gasteiger partial charge in [-0.25, -0.2) is 0 Å². The molecule has 0 fully saturated rings. The van der Waals surface area contributed by atoms with E-state index in [1.54, 1.807) is 0 Å². The molecule has 0 bridgehead atoms. The summed E-state index contributed by atoms with van der Waals surface area (Å²) in [6, 6.07) is 7.66. The summed E-state index contributed by atoms with van der Waals surface area (Å²) in [5.74, 6) is 0.133. The van der Waals surface area contributed by atoms with Gasteiger partial charge in [-0.1, -0.05) is 23.4 Å². The van der Waals surface area contributed by atoms with Crippen LogP contribution in [-0.2, 0) is 11.3 Å². The highest BCUT2D eigenvalue weighted by molar-refractivity contribution is 5.97. The molecule has 3 N–H and O–H groups in total. The molecule has 1 aromatic rings. The highest BCUT2D eigenvalue weighted by Gasteiger charge is 2.03. The molecule has 5 nitrogen and oxygen atoms in total. The molecule has 0 unspecified atom stereocenters. The van der Waals surface area contributed by atoms with Crippen LogP contribution in [0, 0.1) is 0 Å². The lowest BCUT2D eigenvalue weighted by Crippen LogP contribution is -2.23. The van der Waals surface area contributed by atoms with E-state index in [1.165, 1.54) is 0 Å². The van der Waals surface area contributed by atoms with E-state index in [-0.39, 0.29) is 5.84 Å². The Hall–Kier alpha value is -1.59. The first-order chi connectivity index (χ1) is 8.67. The number of hydrogen-bond donors (Lipinski definition) is 2. The van der Waals surface area contributed by atoms with Crippen LogP contribution in [0.1, 0.15) is 18.1 Å². The number of amidine groups is 1. The number of nitrogens with two attached hydrogens (primary N) is 1. The third kappa shape index (κ3) is 4.73. The Morgan fingerprint density at radius 1 is 1.50 bits per heavy atom. The Morgan fingerprint density at radius 3 is 2.94 bits per heavy atom. The summed E-state index contributed by atoms with van der Waals surface area (Å²) >= 11 is 0. The topological polar surface area (TPSA) is 71.1 Å². The predicted octanol–water partition coefficient (Wildman–Crippen LogP) is 1.25. The third-order valence-corrected chi connectivity index (χ3v) is 2.60. The summed E-state index contributed by atoms with van der Waals surface area (Å²) in [5.41, 5.74) is 7.41. The van der Waals surface area contributed by atoms with Crippen LogP contribution < -0.4 is 5.73 Å². The van der Waals surface area contributed by atoms with Crippen molar-refractivity contribution >= 4 is 5.84 Å². The molecule has 1 rings (SSSR count). The highest BCUT2D eigenvalue weighted by atomic mass is 16.5. The zero-order valence-electron chi connectivity index (χ0n) is 11.0. The SMILES string of the molecule is CCOCCN(C)Cc1cccc(C(N)=NO)c1. The van der Waals surface area contributed by atoms with Gasteiger partial charge < -0.3 is 15.7 Å². The summed E-state index contributed by atoms with van der Waals surface area (Å²) in [7, 11) is 2.04. The van der Waals surface area contributed by atoms with Gasteiger partial charge in [0.25, 0.3) is 0 Å². The van der Waals surface area contributed by atoms with Crippen molar-refractivity contribution in [1.82, 2.24) is 4.90 Å². The van der Waals surface area contributed by atoms with Crippen molar-refractivity contribution in [3.05, 3.63) is 35.4 Å². The lowest BCUT2D eigenvalue weighted by molar-refractivity contribution is 0.120. The number of benzene rings is 1. The molecule has 0 heterocycles. The zero-order valence-corrected chi connectivity index (χ0v) is 11.0. The lowest BCUT2D eigenvalue weighted by atomic mass is 10.1. The van der Waals surface area contributed by atoms with Gasteiger partial charge in [-0.15, -0.1) is 0 Å². The lowest BCUT2D eigenvalue weighted by Gasteiger charge is -2.16. The quantitative estimate of drug-likeness (QED) is 0.251. The van der Waals surface area contributed by atoms with Gasteiger partial charge in [-0.2, -0.15) is 0 Å². The fourth-order valence-corrected chi connectivity index (χ4v) is 1.64. The predicted molar refractivity (Wildman–Crippen MR) is 71.8 cm³/mol. The van der Waals surface area contributed by atoms with E-state index < -0.39 is 0 Å². The summed E-state index contributed by atoms with van der Waals surface area (Å²) in [5, 5.41) is 11.6. The van der Waals surface area contributed by atoms with Crippen molar-refractivity contribution in [2.75, 3.05) is 26.8 Å². The third-order valence-electron chi connectivity index (χ3n) is 2.60. The van der Waals surface area contributed by atoms with E-state index in [0.29, 0.717) is 0 Å².